The fourth-order valence-corrected chi connectivity index (χ4v) is 5.08. The Morgan fingerprint density at radius 3 is 2.58 bits per heavy atom. The van der Waals surface area contributed by atoms with E-state index in [4.69, 9.17) is 37.2 Å². The topological polar surface area (TPSA) is 141 Å². The first-order valence-electron chi connectivity index (χ1n) is 11.2. The Hall–Kier alpha value is -2.92. The third-order valence-electron chi connectivity index (χ3n) is 5.26. The Labute approximate surface area is 221 Å². The molecule has 0 bridgehead atoms. The van der Waals surface area contributed by atoms with Crippen molar-refractivity contribution in [1.82, 2.24) is 14.6 Å². The fraction of sp³-hybridized carbons (Fsp3) is 0.435. The Bertz CT molecular complexity index is 1370. The van der Waals surface area contributed by atoms with Crippen LogP contribution >= 0.6 is 20.0 Å². The highest BCUT2D eigenvalue weighted by Gasteiger charge is 2.67. The van der Waals surface area contributed by atoms with Gasteiger partial charge < -0.3 is 19.1 Å². The lowest BCUT2D eigenvalue weighted by molar-refractivity contribution is -0.204. The van der Waals surface area contributed by atoms with Crippen LogP contribution in [-0.4, -0.2) is 57.0 Å². The van der Waals surface area contributed by atoms with Gasteiger partial charge in [-0.2, -0.15) is 5.09 Å². The van der Waals surface area contributed by atoms with Gasteiger partial charge in [-0.15, -0.1) is 6.42 Å². The number of H-pyrrole nitrogens is 1. The van der Waals surface area contributed by atoms with E-state index < -0.39 is 62.0 Å². The number of carbonyl (C=O) groups is 1. The van der Waals surface area contributed by atoms with Crippen molar-refractivity contribution in [3.63, 3.8) is 0 Å². The van der Waals surface area contributed by atoms with Gasteiger partial charge in [-0.3, -0.25) is 18.9 Å². The molecule has 15 heteroatoms. The highest BCUT2D eigenvalue weighted by Crippen LogP contribution is 2.51. The van der Waals surface area contributed by atoms with Crippen LogP contribution in [0.3, 0.4) is 0 Å². The standard InChI is InChI=1S/C23H26F2N3O8PS/c1-5-22(24)19(30)23(25,35-20(22)28-12-11-17(38)26-21(28)31)13-33-37(32,36-16-9-7-6-8-10-16)27-15(4)18(29)34-14(2)3/h1,6-12,14-15,19-20,30H,13H2,2-4H3,(H,27,32)(H,26,31,38)/t15-,19?,20+,22?,23+,37?/m0/s1. The first kappa shape index (κ1) is 29.6. The average Bonchev–Trinajstić information content (AvgIpc) is 3.05. The number of nitrogens with one attached hydrogen (secondary N) is 2. The molecule has 3 rings (SSSR count). The van der Waals surface area contributed by atoms with E-state index >= 15 is 8.78 Å². The van der Waals surface area contributed by atoms with E-state index in [2.05, 4.69) is 10.1 Å². The number of aliphatic hydroxyl groups is 1. The minimum Gasteiger partial charge on any atom is -0.462 e. The Kier molecular flexibility index (Phi) is 8.93. The van der Waals surface area contributed by atoms with Crippen LogP contribution < -0.4 is 15.3 Å². The molecule has 206 valence electrons. The quantitative estimate of drug-likeness (QED) is 0.168. The van der Waals surface area contributed by atoms with Crippen molar-refractivity contribution >= 4 is 25.9 Å². The van der Waals surface area contributed by atoms with Crippen LogP contribution in [0.25, 0.3) is 0 Å². The van der Waals surface area contributed by atoms with Gasteiger partial charge >= 0.3 is 19.4 Å². The van der Waals surface area contributed by atoms with Crippen molar-refractivity contribution in [2.24, 2.45) is 0 Å². The SMILES string of the molecule is C#CC1(F)C(O)[C@@](F)(COP(=O)(N[C@@H](C)C(=O)OC(C)C)Oc2ccccc2)O[C@H]1n1ccc(=S)[nH]c1=O. The summed E-state index contributed by atoms with van der Waals surface area (Å²) < 4.78 is 66.5. The fourth-order valence-electron chi connectivity index (χ4n) is 3.43. The highest BCUT2D eigenvalue weighted by atomic mass is 32.1. The highest BCUT2D eigenvalue weighted by molar-refractivity contribution is 7.71. The van der Waals surface area contributed by atoms with Crippen LogP contribution in [0.1, 0.15) is 27.0 Å². The van der Waals surface area contributed by atoms with E-state index in [1.165, 1.54) is 25.1 Å². The minimum atomic E-state index is -4.62. The molecule has 6 atom stereocenters. The third-order valence-corrected chi connectivity index (χ3v) is 7.12. The number of alkyl halides is 2. The van der Waals surface area contributed by atoms with Crippen LogP contribution in [0.2, 0.25) is 0 Å². The number of benzene rings is 1. The van der Waals surface area contributed by atoms with Crippen molar-refractivity contribution < 1.29 is 41.8 Å². The van der Waals surface area contributed by atoms with Gasteiger partial charge in [-0.1, -0.05) is 36.3 Å². The van der Waals surface area contributed by atoms with E-state index in [9.17, 15) is 19.3 Å². The summed E-state index contributed by atoms with van der Waals surface area (Å²) in [4.78, 5) is 26.8. The van der Waals surface area contributed by atoms with Gasteiger partial charge in [0.05, 0.1) is 6.10 Å². The number of aromatic amines is 1. The first-order chi connectivity index (χ1) is 17.7. The molecule has 3 N–H and O–H groups in total. The van der Waals surface area contributed by atoms with Gasteiger partial charge in [-0.25, -0.2) is 18.1 Å². The Balaban J connectivity index is 1.90. The lowest BCUT2D eigenvalue weighted by Gasteiger charge is -2.28. The molecule has 2 heterocycles. The number of rotatable bonds is 10. The van der Waals surface area contributed by atoms with E-state index in [1.54, 1.807) is 38.0 Å². The van der Waals surface area contributed by atoms with Crippen LogP contribution in [0.4, 0.5) is 8.78 Å². The number of hydrogen-bond acceptors (Lipinski definition) is 9. The molecule has 1 aliphatic heterocycles. The first-order valence-corrected chi connectivity index (χ1v) is 13.2. The van der Waals surface area contributed by atoms with Crippen molar-refractivity contribution in [2.45, 2.75) is 56.8 Å². The number of halogens is 2. The van der Waals surface area contributed by atoms with E-state index in [0.29, 0.717) is 4.57 Å². The summed E-state index contributed by atoms with van der Waals surface area (Å²) in [6.07, 6.45) is 0.903. The number of terminal acetylenes is 1. The van der Waals surface area contributed by atoms with E-state index in [0.717, 1.165) is 6.20 Å². The molecule has 38 heavy (non-hydrogen) atoms. The van der Waals surface area contributed by atoms with E-state index in [1.807, 2.05) is 0 Å². The maximum absolute atomic E-state index is 15.9. The molecule has 1 aliphatic rings. The molecule has 1 saturated heterocycles. The molecule has 0 amide bonds. The van der Waals surface area contributed by atoms with Gasteiger partial charge in [0.15, 0.2) is 12.3 Å². The van der Waals surface area contributed by atoms with Crippen molar-refractivity contribution in [2.75, 3.05) is 6.61 Å². The van der Waals surface area contributed by atoms with Crippen LogP contribution in [0.15, 0.2) is 47.4 Å². The van der Waals surface area contributed by atoms with Crippen molar-refractivity contribution in [3.8, 4) is 18.1 Å². The second kappa shape index (κ2) is 11.4. The third kappa shape index (κ3) is 6.37. The second-order valence-electron chi connectivity index (χ2n) is 8.60. The molecule has 11 nitrogen and oxygen atoms in total. The predicted octanol–water partition coefficient (Wildman–Crippen LogP) is 2.94. The monoisotopic (exact) mass is 573 g/mol. The molecule has 0 saturated carbocycles. The summed E-state index contributed by atoms with van der Waals surface area (Å²) in [6.45, 7) is 3.11. The maximum atomic E-state index is 15.9. The number of carbonyl (C=O) groups excluding carboxylic acids is 1. The zero-order valence-corrected chi connectivity index (χ0v) is 22.2. The number of aromatic nitrogens is 2. The molecule has 3 unspecified atom stereocenters. The Morgan fingerprint density at radius 2 is 2.00 bits per heavy atom. The largest absolute Gasteiger partial charge is 0.462 e. The average molecular weight is 574 g/mol. The van der Waals surface area contributed by atoms with Crippen molar-refractivity contribution in [1.29, 1.82) is 0 Å². The molecule has 1 fully saturated rings. The van der Waals surface area contributed by atoms with Gasteiger partial charge in [0.25, 0.3) is 5.85 Å². The molecule has 0 radical (unpaired) electrons. The lowest BCUT2D eigenvalue weighted by atomic mass is 9.96. The van der Waals surface area contributed by atoms with Gasteiger partial charge in [0, 0.05) is 6.20 Å². The summed E-state index contributed by atoms with van der Waals surface area (Å²) in [7, 11) is -4.62. The van der Waals surface area contributed by atoms with Crippen LogP contribution in [0.5, 0.6) is 5.75 Å². The second-order valence-corrected chi connectivity index (χ2v) is 10.7. The summed E-state index contributed by atoms with van der Waals surface area (Å²) in [6, 6.07) is 7.50. The molecule has 1 aromatic heterocycles. The minimum absolute atomic E-state index is 0.00000627. The predicted molar refractivity (Wildman–Crippen MR) is 133 cm³/mol. The smallest absolute Gasteiger partial charge is 0.459 e. The number of aliphatic hydroxyl groups excluding tert-OH is 1. The normalized spacial score (nSPS) is 27.3. The number of nitrogens with zero attached hydrogens (tertiary/aromatic N) is 1. The summed E-state index contributed by atoms with van der Waals surface area (Å²) in [5.41, 5.74) is -4.25. The van der Waals surface area contributed by atoms with Crippen LogP contribution in [0, 0.1) is 17.0 Å². The number of hydrogen-bond donors (Lipinski definition) is 3. The number of esters is 1. The molecular weight excluding hydrogens is 547 g/mol. The van der Waals surface area contributed by atoms with Gasteiger partial charge in [-0.05, 0) is 39.0 Å². The Morgan fingerprint density at radius 1 is 1.34 bits per heavy atom. The summed E-state index contributed by atoms with van der Waals surface area (Å²) >= 11 is 4.83. The maximum Gasteiger partial charge on any atom is 0.459 e. The summed E-state index contributed by atoms with van der Waals surface area (Å²) in [5.74, 6) is -2.60. The zero-order chi connectivity index (χ0) is 28.3. The summed E-state index contributed by atoms with van der Waals surface area (Å²) in [5, 5.41) is 12.9. The molecule has 2 aromatic rings. The van der Waals surface area contributed by atoms with Gasteiger partial charge in [0.1, 0.15) is 23.0 Å². The lowest BCUT2D eigenvalue weighted by Crippen LogP contribution is -2.48. The number of para-hydroxylation sites is 1. The molecule has 0 aliphatic carbocycles. The molecule has 1 aromatic carbocycles. The van der Waals surface area contributed by atoms with Crippen molar-refractivity contribution in [3.05, 3.63) is 57.7 Å². The molecular formula is C23H26F2N3O8PS. The number of ether oxygens (including phenoxy) is 2. The molecule has 0 spiro atoms. The van der Waals surface area contributed by atoms with Gasteiger partial charge in [0.2, 0.25) is 5.67 Å². The van der Waals surface area contributed by atoms with E-state index in [-0.39, 0.29) is 10.4 Å². The zero-order valence-electron chi connectivity index (χ0n) is 20.5. The van der Waals surface area contributed by atoms with Crippen LogP contribution in [-0.2, 0) is 23.4 Å².